The van der Waals surface area contributed by atoms with E-state index in [1.54, 1.807) is 24.3 Å². The molecule has 1 aromatic rings. The standard InChI is InChI=1S/C15H11N3O2S/c1-2-7-18-14(20)12(13(19)17-15(18)21)8-10-5-3-4-6-11(10)9-16/h2-6,8H,1,7H2,(H,17,19,21). The zero-order chi connectivity index (χ0) is 15.4. The second-order valence-corrected chi connectivity index (χ2v) is 4.61. The number of carbonyl (C=O) groups is 2. The molecule has 0 atom stereocenters. The highest BCUT2D eigenvalue weighted by Gasteiger charge is 2.32. The van der Waals surface area contributed by atoms with Gasteiger partial charge in [-0.15, -0.1) is 6.58 Å². The third kappa shape index (κ3) is 2.88. The lowest BCUT2D eigenvalue weighted by Crippen LogP contribution is -2.53. The van der Waals surface area contributed by atoms with E-state index >= 15 is 0 Å². The first-order valence-electron chi connectivity index (χ1n) is 6.07. The topological polar surface area (TPSA) is 73.2 Å². The molecule has 1 aromatic carbocycles. The summed E-state index contributed by atoms with van der Waals surface area (Å²) in [5, 5.41) is 11.6. The van der Waals surface area contributed by atoms with Gasteiger partial charge in [-0.2, -0.15) is 5.26 Å². The fraction of sp³-hybridized carbons (Fsp3) is 0.0667. The van der Waals surface area contributed by atoms with Crippen molar-refractivity contribution >= 4 is 35.2 Å². The van der Waals surface area contributed by atoms with Crippen LogP contribution in [0.1, 0.15) is 11.1 Å². The normalized spacial score (nSPS) is 16.6. The molecule has 1 N–H and O–H groups in total. The zero-order valence-electron chi connectivity index (χ0n) is 11.0. The second-order valence-electron chi connectivity index (χ2n) is 4.22. The maximum atomic E-state index is 12.3. The van der Waals surface area contributed by atoms with Gasteiger partial charge in [-0.25, -0.2) is 0 Å². The van der Waals surface area contributed by atoms with Gasteiger partial charge in [-0.1, -0.05) is 24.3 Å². The number of nitrogens with one attached hydrogen (secondary N) is 1. The Morgan fingerprint density at radius 3 is 2.76 bits per heavy atom. The lowest BCUT2D eigenvalue weighted by Gasteiger charge is -2.27. The number of carbonyl (C=O) groups excluding carboxylic acids is 2. The van der Waals surface area contributed by atoms with Crippen molar-refractivity contribution in [1.29, 1.82) is 5.26 Å². The first-order valence-corrected chi connectivity index (χ1v) is 6.48. The maximum absolute atomic E-state index is 12.3. The van der Waals surface area contributed by atoms with Gasteiger partial charge in [0, 0.05) is 6.54 Å². The number of nitrogens with zero attached hydrogens (tertiary/aromatic N) is 2. The Morgan fingerprint density at radius 2 is 2.10 bits per heavy atom. The smallest absolute Gasteiger partial charge is 0.265 e. The Hall–Kier alpha value is -2.78. The third-order valence-corrected chi connectivity index (χ3v) is 3.20. The maximum Gasteiger partial charge on any atom is 0.265 e. The largest absolute Gasteiger partial charge is 0.298 e. The highest BCUT2D eigenvalue weighted by atomic mass is 32.1. The lowest BCUT2D eigenvalue weighted by molar-refractivity contribution is -0.128. The van der Waals surface area contributed by atoms with Crippen molar-refractivity contribution in [3.05, 3.63) is 53.6 Å². The monoisotopic (exact) mass is 297 g/mol. The molecule has 1 heterocycles. The fourth-order valence-corrected chi connectivity index (χ4v) is 2.12. The van der Waals surface area contributed by atoms with Crippen LogP contribution in [0.2, 0.25) is 0 Å². The van der Waals surface area contributed by atoms with Gasteiger partial charge in [-0.3, -0.25) is 19.8 Å². The lowest BCUT2D eigenvalue weighted by atomic mass is 10.0. The number of rotatable bonds is 3. The van der Waals surface area contributed by atoms with Gasteiger partial charge < -0.3 is 0 Å². The number of amides is 2. The Labute approximate surface area is 127 Å². The van der Waals surface area contributed by atoms with Crippen LogP contribution >= 0.6 is 12.2 Å². The Balaban J connectivity index is 2.46. The van der Waals surface area contributed by atoms with E-state index in [1.807, 2.05) is 6.07 Å². The van der Waals surface area contributed by atoms with Crippen LogP contribution < -0.4 is 5.32 Å². The number of hydrogen-bond acceptors (Lipinski definition) is 4. The van der Waals surface area contributed by atoms with E-state index in [9.17, 15) is 9.59 Å². The van der Waals surface area contributed by atoms with E-state index in [0.29, 0.717) is 11.1 Å². The van der Waals surface area contributed by atoms with Gasteiger partial charge in [0.1, 0.15) is 5.57 Å². The summed E-state index contributed by atoms with van der Waals surface area (Å²) in [5.41, 5.74) is 0.826. The van der Waals surface area contributed by atoms with Crippen LogP contribution in [0.5, 0.6) is 0 Å². The highest BCUT2D eigenvalue weighted by molar-refractivity contribution is 7.80. The molecule has 2 rings (SSSR count). The van der Waals surface area contributed by atoms with E-state index in [1.165, 1.54) is 17.1 Å². The van der Waals surface area contributed by atoms with Crippen molar-refractivity contribution in [2.75, 3.05) is 6.54 Å². The minimum absolute atomic E-state index is 0.0515. The molecule has 0 bridgehead atoms. The predicted octanol–water partition coefficient (Wildman–Crippen LogP) is 1.37. The van der Waals surface area contributed by atoms with Crippen LogP contribution in [0, 0.1) is 11.3 Å². The van der Waals surface area contributed by atoms with Gasteiger partial charge in [0.05, 0.1) is 11.6 Å². The Kier molecular flexibility index (Phi) is 4.26. The van der Waals surface area contributed by atoms with Crippen molar-refractivity contribution in [3.8, 4) is 6.07 Å². The van der Waals surface area contributed by atoms with Crippen molar-refractivity contribution < 1.29 is 9.59 Å². The molecule has 21 heavy (non-hydrogen) atoms. The van der Waals surface area contributed by atoms with E-state index < -0.39 is 11.8 Å². The first kappa shape index (κ1) is 14.6. The molecule has 104 valence electrons. The predicted molar refractivity (Wildman–Crippen MR) is 81.8 cm³/mol. The van der Waals surface area contributed by atoms with Gasteiger partial charge in [0.25, 0.3) is 11.8 Å². The van der Waals surface area contributed by atoms with Crippen LogP contribution in [-0.2, 0) is 9.59 Å². The summed E-state index contributed by atoms with van der Waals surface area (Å²) in [7, 11) is 0. The van der Waals surface area contributed by atoms with Crippen molar-refractivity contribution in [1.82, 2.24) is 10.2 Å². The number of thiocarbonyl (C=S) groups is 1. The van der Waals surface area contributed by atoms with Crippen LogP contribution in [-0.4, -0.2) is 28.4 Å². The van der Waals surface area contributed by atoms with E-state index in [4.69, 9.17) is 17.5 Å². The minimum atomic E-state index is -0.571. The summed E-state index contributed by atoms with van der Waals surface area (Å²) in [6.07, 6.45) is 2.91. The number of benzene rings is 1. The molecule has 0 aliphatic carbocycles. The number of nitriles is 1. The van der Waals surface area contributed by atoms with Gasteiger partial charge in [0.2, 0.25) is 0 Å². The number of hydrogen-bond donors (Lipinski definition) is 1. The molecule has 1 saturated heterocycles. The SMILES string of the molecule is C=CCN1C(=O)C(=Cc2ccccc2C#N)C(=O)NC1=S. The molecule has 1 fully saturated rings. The van der Waals surface area contributed by atoms with Crippen molar-refractivity contribution in [2.24, 2.45) is 0 Å². The molecule has 6 heteroatoms. The second kappa shape index (κ2) is 6.11. The van der Waals surface area contributed by atoms with Crippen molar-refractivity contribution in [3.63, 3.8) is 0 Å². The summed E-state index contributed by atoms with van der Waals surface area (Å²) >= 11 is 4.96. The van der Waals surface area contributed by atoms with Crippen LogP contribution in [0.15, 0.2) is 42.5 Å². The van der Waals surface area contributed by atoms with Crippen LogP contribution in [0.4, 0.5) is 0 Å². The average molecular weight is 297 g/mol. The molecule has 1 aliphatic rings. The summed E-state index contributed by atoms with van der Waals surface area (Å²) in [5.74, 6) is -1.07. The molecule has 0 unspecified atom stereocenters. The average Bonchev–Trinajstić information content (AvgIpc) is 2.48. The molecular weight excluding hydrogens is 286 g/mol. The van der Waals surface area contributed by atoms with Gasteiger partial charge >= 0.3 is 0 Å². The first-order chi connectivity index (χ1) is 10.1. The van der Waals surface area contributed by atoms with Crippen molar-refractivity contribution in [2.45, 2.75) is 0 Å². The van der Waals surface area contributed by atoms with E-state index in [0.717, 1.165) is 0 Å². The molecule has 0 saturated carbocycles. The Morgan fingerprint density at radius 1 is 1.38 bits per heavy atom. The molecule has 0 aromatic heterocycles. The van der Waals surface area contributed by atoms with Gasteiger partial charge in [0.15, 0.2) is 5.11 Å². The molecule has 0 radical (unpaired) electrons. The fourth-order valence-electron chi connectivity index (χ4n) is 1.87. The summed E-state index contributed by atoms with van der Waals surface area (Å²) in [6.45, 7) is 3.75. The van der Waals surface area contributed by atoms with Crippen LogP contribution in [0.3, 0.4) is 0 Å². The molecule has 1 aliphatic heterocycles. The molecular formula is C15H11N3O2S. The Bertz CT molecular complexity index is 716. The van der Waals surface area contributed by atoms with Gasteiger partial charge in [-0.05, 0) is 29.9 Å². The highest BCUT2D eigenvalue weighted by Crippen LogP contribution is 2.17. The third-order valence-electron chi connectivity index (χ3n) is 2.88. The summed E-state index contributed by atoms with van der Waals surface area (Å²) in [4.78, 5) is 25.5. The molecule has 2 amide bonds. The molecule has 0 spiro atoms. The summed E-state index contributed by atoms with van der Waals surface area (Å²) in [6, 6.07) is 8.73. The zero-order valence-corrected chi connectivity index (χ0v) is 11.8. The minimum Gasteiger partial charge on any atom is -0.298 e. The van der Waals surface area contributed by atoms with E-state index in [-0.39, 0.29) is 17.2 Å². The van der Waals surface area contributed by atoms with E-state index in [2.05, 4.69) is 11.9 Å². The molecule has 5 nitrogen and oxygen atoms in total. The summed E-state index contributed by atoms with van der Waals surface area (Å²) < 4.78 is 0. The van der Waals surface area contributed by atoms with Crippen LogP contribution in [0.25, 0.3) is 6.08 Å². The quantitative estimate of drug-likeness (QED) is 0.396.